The molecule has 1 amide bonds. The van der Waals surface area contributed by atoms with E-state index in [1.54, 1.807) is 24.3 Å². The summed E-state index contributed by atoms with van der Waals surface area (Å²) in [5, 5.41) is 13.6. The first kappa shape index (κ1) is 20.2. The molecule has 2 N–H and O–H groups in total. The van der Waals surface area contributed by atoms with Gasteiger partial charge in [0.2, 0.25) is 0 Å². The molecule has 0 aliphatic rings. The van der Waals surface area contributed by atoms with E-state index in [0.29, 0.717) is 23.7 Å². The van der Waals surface area contributed by atoms with Gasteiger partial charge in [0.05, 0.1) is 21.9 Å². The van der Waals surface area contributed by atoms with Crippen LogP contribution in [-0.4, -0.2) is 24.1 Å². The van der Waals surface area contributed by atoms with E-state index in [1.165, 1.54) is 28.9 Å². The Hall–Kier alpha value is -3.55. The lowest BCUT2D eigenvalue weighted by Crippen LogP contribution is -2.42. The summed E-state index contributed by atoms with van der Waals surface area (Å²) in [6.07, 6.45) is 0.633. The first-order valence-corrected chi connectivity index (χ1v) is 10.2. The van der Waals surface area contributed by atoms with Gasteiger partial charge in [0.15, 0.2) is 5.69 Å². The number of fused-ring (bicyclic) bond motifs is 1. The highest BCUT2D eigenvalue weighted by Crippen LogP contribution is 2.14. The Bertz CT molecular complexity index is 1290. The second-order valence-corrected chi connectivity index (χ2v) is 7.80. The number of sulfonamides is 1. The summed E-state index contributed by atoms with van der Waals surface area (Å²) < 4.78 is 26.0. The van der Waals surface area contributed by atoms with Crippen LogP contribution in [0.3, 0.4) is 0 Å². The van der Waals surface area contributed by atoms with Crippen molar-refractivity contribution in [2.45, 2.75) is 24.8 Å². The van der Waals surface area contributed by atoms with Crippen molar-refractivity contribution in [3.63, 3.8) is 0 Å². The quantitative estimate of drug-likeness (QED) is 0.587. The third kappa shape index (κ3) is 4.16. The number of hydrogen-bond donors (Lipinski definition) is 2. The fraction of sp³-hybridized carbons (Fsp3) is 0.158. The molecule has 1 aromatic heterocycles. The van der Waals surface area contributed by atoms with Crippen molar-refractivity contribution >= 4 is 26.7 Å². The van der Waals surface area contributed by atoms with E-state index in [9.17, 15) is 18.0 Å². The second kappa shape index (κ2) is 8.22. The molecule has 0 aliphatic carbocycles. The Labute approximate surface area is 166 Å². The molecule has 0 saturated heterocycles. The van der Waals surface area contributed by atoms with Gasteiger partial charge in [0, 0.05) is 11.9 Å². The van der Waals surface area contributed by atoms with E-state index >= 15 is 0 Å². The predicted molar refractivity (Wildman–Crippen MR) is 105 cm³/mol. The molecule has 0 atom stereocenters. The lowest BCUT2D eigenvalue weighted by molar-refractivity contribution is 0.0939. The van der Waals surface area contributed by atoms with Crippen LogP contribution in [0.25, 0.3) is 10.8 Å². The van der Waals surface area contributed by atoms with E-state index in [-0.39, 0.29) is 21.7 Å². The fourth-order valence-electron chi connectivity index (χ4n) is 2.73. The lowest BCUT2D eigenvalue weighted by atomic mass is 10.1. The van der Waals surface area contributed by atoms with Gasteiger partial charge in [-0.15, -0.1) is 4.83 Å². The number of hydrazine groups is 1. The predicted octanol–water partition coefficient (Wildman–Crippen LogP) is 1.30. The summed E-state index contributed by atoms with van der Waals surface area (Å²) in [5.41, 5.74) is 1.88. The van der Waals surface area contributed by atoms with Crippen LogP contribution < -0.4 is 15.8 Å². The van der Waals surface area contributed by atoms with Gasteiger partial charge >= 0.3 is 0 Å². The number of nitriles is 1. The maximum Gasteiger partial charge on any atom is 0.287 e. The average molecular weight is 411 g/mol. The zero-order valence-corrected chi connectivity index (χ0v) is 16.2. The molecule has 0 fully saturated rings. The van der Waals surface area contributed by atoms with Crippen molar-refractivity contribution in [1.82, 2.24) is 20.0 Å². The minimum Gasteiger partial charge on any atom is -0.272 e. The molecule has 0 saturated carbocycles. The molecular weight excluding hydrogens is 394 g/mol. The molecular formula is C19H17N5O4S. The minimum atomic E-state index is -4.11. The molecule has 3 rings (SSSR count). The smallest absolute Gasteiger partial charge is 0.272 e. The summed E-state index contributed by atoms with van der Waals surface area (Å²) in [7, 11) is -4.11. The molecule has 0 aliphatic heterocycles. The maximum absolute atomic E-state index is 12.7. The van der Waals surface area contributed by atoms with Crippen LogP contribution in [0, 0.1) is 11.3 Å². The Morgan fingerprint density at radius 3 is 2.59 bits per heavy atom. The summed E-state index contributed by atoms with van der Waals surface area (Å²) in [6.45, 7) is 2.18. The van der Waals surface area contributed by atoms with E-state index in [1.807, 2.05) is 17.8 Å². The second-order valence-electron chi connectivity index (χ2n) is 6.12. The lowest BCUT2D eigenvalue weighted by Gasteiger charge is -2.12. The van der Waals surface area contributed by atoms with E-state index in [2.05, 4.69) is 10.5 Å². The SMILES string of the molecule is CCCn1nc(C(=O)NNS(=O)(=O)c2cccc(C#N)c2)c2ccccc2c1=O. The number of carbonyl (C=O) groups is 1. The van der Waals surface area contributed by atoms with Crippen molar-refractivity contribution in [2.75, 3.05) is 0 Å². The van der Waals surface area contributed by atoms with Crippen molar-refractivity contribution < 1.29 is 13.2 Å². The van der Waals surface area contributed by atoms with Gasteiger partial charge in [-0.2, -0.15) is 10.4 Å². The Morgan fingerprint density at radius 1 is 1.17 bits per heavy atom. The Morgan fingerprint density at radius 2 is 1.90 bits per heavy atom. The summed E-state index contributed by atoms with van der Waals surface area (Å²) in [4.78, 5) is 27.0. The van der Waals surface area contributed by atoms with Crippen LogP contribution in [0.1, 0.15) is 29.4 Å². The molecule has 0 radical (unpaired) electrons. The highest BCUT2D eigenvalue weighted by molar-refractivity contribution is 7.89. The first-order chi connectivity index (χ1) is 13.9. The van der Waals surface area contributed by atoms with E-state index < -0.39 is 15.9 Å². The van der Waals surface area contributed by atoms with Gasteiger partial charge in [-0.3, -0.25) is 15.0 Å². The van der Waals surface area contributed by atoms with Gasteiger partial charge < -0.3 is 0 Å². The summed E-state index contributed by atoms with van der Waals surface area (Å²) in [5.74, 6) is -0.814. The maximum atomic E-state index is 12.7. The number of nitrogens with zero attached hydrogens (tertiary/aromatic N) is 3. The van der Waals surface area contributed by atoms with Crippen LogP contribution in [0.15, 0.2) is 58.2 Å². The van der Waals surface area contributed by atoms with E-state index in [0.717, 1.165) is 0 Å². The third-order valence-corrected chi connectivity index (χ3v) is 5.34. The molecule has 29 heavy (non-hydrogen) atoms. The first-order valence-electron chi connectivity index (χ1n) is 8.69. The highest BCUT2D eigenvalue weighted by atomic mass is 32.2. The monoisotopic (exact) mass is 411 g/mol. The topological polar surface area (TPSA) is 134 Å². The van der Waals surface area contributed by atoms with Gasteiger partial charge in [0.25, 0.3) is 21.5 Å². The molecule has 1 heterocycles. The molecule has 2 aromatic carbocycles. The van der Waals surface area contributed by atoms with Crippen LogP contribution in [0.5, 0.6) is 0 Å². The van der Waals surface area contributed by atoms with Crippen molar-refractivity contribution in [1.29, 1.82) is 5.26 Å². The zero-order chi connectivity index (χ0) is 21.0. The van der Waals surface area contributed by atoms with Gasteiger partial charge in [0.1, 0.15) is 0 Å². The fourth-order valence-corrected chi connectivity index (χ4v) is 3.62. The number of benzene rings is 2. The van der Waals surface area contributed by atoms with Gasteiger partial charge in [-0.05, 0) is 30.7 Å². The Balaban J connectivity index is 1.93. The van der Waals surface area contributed by atoms with Gasteiger partial charge in [-0.1, -0.05) is 31.2 Å². The highest BCUT2D eigenvalue weighted by Gasteiger charge is 2.20. The van der Waals surface area contributed by atoms with Crippen molar-refractivity contribution in [3.05, 3.63) is 70.1 Å². The van der Waals surface area contributed by atoms with Crippen molar-refractivity contribution in [2.24, 2.45) is 0 Å². The van der Waals surface area contributed by atoms with Crippen molar-refractivity contribution in [3.8, 4) is 6.07 Å². The summed E-state index contributed by atoms with van der Waals surface area (Å²) in [6, 6.07) is 13.7. The van der Waals surface area contributed by atoms with E-state index in [4.69, 9.17) is 5.26 Å². The molecule has 10 heteroatoms. The largest absolute Gasteiger partial charge is 0.287 e. The zero-order valence-electron chi connectivity index (χ0n) is 15.4. The number of rotatable bonds is 6. The third-order valence-electron chi connectivity index (χ3n) is 4.09. The van der Waals surface area contributed by atoms with Crippen LogP contribution in [0.2, 0.25) is 0 Å². The van der Waals surface area contributed by atoms with Gasteiger partial charge in [-0.25, -0.2) is 13.1 Å². The number of aryl methyl sites for hydroxylation is 1. The average Bonchev–Trinajstić information content (AvgIpc) is 2.74. The molecule has 3 aromatic rings. The summed E-state index contributed by atoms with van der Waals surface area (Å²) >= 11 is 0. The number of hydrogen-bond acceptors (Lipinski definition) is 6. The van der Waals surface area contributed by atoms with Crippen LogP contribution in [-0.2, 0) is 16.6 Å². The number of nitrogens with one attached hydrogen (secondary N) is 2. The standard InChI is InChI=1S/C19H17N5O4S/c1-2-10-24-19(26)16-9-4-3-8-15(16)17(22-24)18(25)21-23-29(27,28)14-7-5-6-13(11-14)12-20/h3-9,11,23H,2,10H2,1H3,(H,21,25). The molecule has 148 valence electrons. The van der Waals surface area contributed by atoms with Crippen LogP contribution >= 0.6 is 0 Å². The molecule has 0 unspecified atom stereocenters. The molecule has 0 bridgehead atoms. The molecule has 0 spiro atoms. The van der Waals surface area contributed by atoms with Crippen LogP contribution in [0.4, 0.5) is 0 Å². The normalized spacial score (nSPS) is 11.2. The molecule has 9 nitrogen and oxygen atoms in total. The Kier molecular flexibility index (Phi) is 5.72. The number of amides is 1. The number of carbonyl (C=O) groups excluding carboxylic acids is 1. The minimum absolute atomic E-state index is 0.0814. The number of aromatic nitrogens is 2.